The number of ether oxygens (including phenoxy) is 1. The molecule has 2 aromatic rings. The van der Waals surface area contributed by atoms with Crippen LogP contribution in [0.25, 0.3) is 11.0 Å². The van der Waals surface area contributed by atoms with E-state index < -0.39 is 26.9 Å². The molecule has 1 atom stereocenters. The Labute approximate surface area is 124 Å². The third-order valence-electron chi connectivity index (χ3n) is 3.53. The van der Waals surface area contributed by atoms with Gasteiger partial charge in [0.05, 0.1) is 12.2 Å². The van der Waals surface area contributed by atoms with E-state index in [-0.39, 0.29) is 17.1 Å². The Morgan fingerprint density at radius 3 is 2.73 bits per heavy atom. The molecule has 0 spiro atoms. The smallest absolute Gasteiger partial charge is 0.299 e. The lowest BCUT2D eigenvalue weighted by Gasteiger charge is -2.22. The van der Waals surface area contributed by atoms with Crippen molar-refractivity contribution in [1.82, 2.24) is 19.7 Å². The van der Waals surface area contributed by atoms with Crippen LogP contribution >= 0.6 is 0 Å². The van der Waals surface area contributed by atoms with Gasteiger partial charge in [-0.2, -0.15) is 13.5 Å². The molecule has 2 aromatic heterocycles. The lowest BCUT2D eigenvalue weighted by molar-refractivity contribution is 0.0673. The minimum atomic E-state index is -4.79. The molecular formula is C11H14N4O6S. The summed E-state index contributed by atoms with van der Waals surface area (Å²) in [4.78, 5) is 18.1. The molecule has 3 rings (SSSR count). The average Bonchev–Trinajstić information content (AvgIpc) is 2.90. The predicted molar refractivity (Wildman–Crippen MR) is 73.7 cm³/mol. The Morgan fingerprint density at radius 2 is 2.09 bits per heavy atom. The summed E-state index contributed by atoms with van der Waals surface area (Å²) in [5.41, 5.74) is -2.79. The van der Waals surface area contributed by atoms with Crippen LogP contribution in [0.3, 0.4) is 0 Å². The lowest BCUT2D eigenvalue weighted by Crippen LogP contribution is -2.23. The Balaban J connectivity index is 2.13. The maximum atomic E-state index is 12.0. The molecule has 0 amide bonds. The molecule has 120 valence electrons. The molecule has 1 fully saturated rings. The molecule has 0 radical (unpaired) electrons. The van der Waals surface area contributed by atoms with Crippen LogP contribution in [-0.4, -0.2) is 51.0 Å². The van der Waals surface area contributed by atoms with Gasteiger partial charge in [0.2, 0.25) is 5.44 Å². The number of aliphatic hydroxyl groups excluding tert-OH is 1. The van der Waals surface area contributed by atoms with E-state index >= 15 is 0 Å². The van der Waals surface area contributed by atoms with E-state index in [1.165, 1.54) is 10.9 Å². The molecule has 0 saturated carbocycles. The van der Waals surface area contributed by atoms with Gasteiger partial charge in [-0.05, 0) is 12.8 Å². The molecule has 0 aliphatic carbocycles. The van der Waals surface area contributed by atoms with E-state index in [0.717, 1.165) is 0 Å². The summed E-state index contributed by atoms with van der Waals surface area (Å²) >= 11 is 0. The first-order valence-electron chi connectivity index (χ1n) is 6.57. The standard InChI is InChI=1S/C11H14N4O6S/c16-10-7-5-12-15(6-1-3-21-4-2-6)9(7)13-8(14-10)11(17)22(18,19)20/h5-6,11,17H,1-4H2,(H,13,14,16)(H,18,19,20). The molecule has 3 N–H and O–H groups in total. The van der Waals surface area contributed by atoms with E-state index in [2.05, 4.69) is 15.1 Å². The van der Waals surface area contributed by atoms with Crippen molar-refractivity contribution in [3.63, 3.8) is 0 Å². The Hall–Kier alpha value is -1.82. The number of hydrogen-bond donors (Lipinski definition) is 3. The fraction of sp³-hybridized carbons (Fsp3) is 0.545. The maximum absolute atomic E-state index is 12.0. The number of hydrogen-bond acceptors (Lipinski definition) is 7. The van der Waals surface area contributed by atoms with Crippen molar-refractivity contribution in [2.24, 2.45) is 0 Å². The van der Waals surface area contributed by atoms with E-state index in [9.17, 15) is 18.3 Å². The molecule has 1 aliphatic heterocycles. The van der Waals surface area contributed by atoms with Gasteiger partial charge < -0.3 is 14.8 Å². The third kappa shape index (κ3) is 2.63. The second-order valence-corrected chi connectivity index (χ2v) is 6.46. The largest absolute Gasteiger partial charge is 0.381 e. The van der Waals surface area contributed by atoms with Crippen molar-refractivity contribution < 1.29 is 22.8 Å². The molecule has 0 aromatic carbocycles. The van der Waals surface area contributed by atoms with Crippen LogP contribution in [0.5, 0.6) is 0 Å². The summed E-state index contributed by atoms with van der Waals surface area (Å²) in [7, 11) is -4.79. The summed E-state index contributed by atoms with van der Waals surface area (Å²) in [6, 6.07) is -0.0312. The zero-order valence-corrected chi connectivity index (χ0v) is 12.2. The van der Waals surface area contributed by atoms with Gasteiger partial charge in [0.1, 0.15) is 5.39 Å². The summed E-state index contributed by atoms with van der Waals surface area (Å²) < 4.78 is 37.7. The van der Waals surface area contributed by atoms with Crippen LogP contribution in [0, 0.1) is 0 Å². The number of aromatic amines is 1. The first kappa shape index (κ1) is 15.1. The number of nitrogens with one attached hydrogen (secondary N) is 1. The van der Waals surface area contributed by atoms with Gasteiger partial charge in [0.15, 0.2) is 11.5 Å². The molecule has 11 heteroatoms. The Bertz CT molecular complexity index is 851. The van der Waals surface area contributed by atoms with E-state index in [1.807, 2.05) is 0 Å². The number of aliphatic hydroxyl groups is 1. The quantitative estimate of drug-likeness (QED) is 0.629. The lowest BCUT2D eigenvalue weighted by atomic mass is 10.1. The van der Waals surface area contributed by atoms with Crippen LogP contribution in [0.2, 0.25) is 0 Å². The number of aromatic nitrogens is 4. The molecule has 1 aliphatic rings. The summed E-state index contributed by atoms with van der Waals surface area (Å²) in [6.07, 6.45) is 2.70. The Morgan fingerprint density at radius 1 is 1.41 bits per heavy atom. The molecule has 10 nitrogen and oxygen atoms in total. The number of fused-ring (bicyclic) bond motifs is 1. The van der Waals surface area contributed by atoms with Crippen LogP contribution in [0.15, 0.2) is 11.0 Å². The molecule has 1 unspecified atom stereocenters. The third-order valence-corrected chi connectivity index (χ3v) is 4.32. The fourth-order valence-electron chi connectivity index (χ4n) is 2.41. The van der Waals surface area contributed by atoms with E-state index in [0.29, 0.717) is 26.1 Å². The van der Waals surface area contributed by atoms with Crippen molar-refractivity contribution in [3.8, 4) is 0 Å². The minimum Gasteiger partial charge on any atom is -0.381 e. The second kappa shape index (κ2) is 5.43. The molecular weight excluding hydrogens is 316 g/mol. The van der Waals surface area contributed by atoms with Gasteiger partial charge in [0, 0.05) is 13.2 Å². The monoisotopic (exact) mass is 330 g/mol. The summed E-state index contributed by atoms with van der Waals surface area (Å²) in [5, 5.41) is 13.9. The highest BCUT2D eigenvalue weighted by molar-refractivity contribution is 7.85. The van der Waals surface area contributed by atoms with Gasteiger partial charge in [-0.15, -0.1) is 0 Å². The Kier molecular flexibility index (Phi) is 3.72. The normalized spacial score (nSPS) is 18.6. The van der Waals surface area contributed by atoms with Gasteiger partial charge in [-0.3, -0.25) is 9.35 Å². The minimum absolute atomic E-state index is 0.0312. The first-order chi connectivity index (χ1) is 10.4. The number of H-pyrrole nitrogens is 1. The zero-order valence-electron chi connectivity index (χ0n) is 11.3. The van der Waals surface area contributed by atoms with Crippen molar-refractivity contribution >= 4 is 21.2 Å². The maximum Gasteiger partial charge on any atom is 0.299 e. The van der Waals surface area contributed by atoms with Crippen molar-refractivity contribution in [2.75, 3.05) is 13.2 Å². The summed E-state index contributed by atoms with van der Waals surface area (Å²) in [6.45, 7) is 1.10. The number of rotatable bonds is 3. The van der Waals surface area contributed by atoms with Crippen LogP contribution in [-0.2, 0) is 14.9 Å². The fourth-order valence-corrected chi connectivity index (χ4v) is 2.80. The topological polar surface area (TPSA) is 147 Å². The highest BCUT2D eigenvalue weighted by atomic mass is 32.2. The van der Waals surface area contributed by atoms with Crippen molar-refractivity contribution in [1.29, 1.82) is 0 Å². The highest BCUT2D eigenvalue weighted by Crippen LogP contribution is 2.24. The SMILES string of the molecule is O=c1[nH]c(C(O)S(=O)(=O)O)nc2c1cnn2C1CCOCC1. The van der Waals surface area contributed by atoms with Gasteiger partial charge >= 0.3 is 0 Å². The van der Waals surface area contributed by atoms with Crippen LogP contribution in [0.4, 0.5) is 0 Å². The summed E-state index contributed by atoms with van der Waals surface area (Å²) in [5.74, 6) is -0.547. The van der Waals surface area contributed by atoms with Gasteiger partial charge in [0.25, 0.3) is 15.7 Å². The predicted octanol–water partition coefficient (Wildman–Crippen LogP) is -0.650. The highest BCUT2D eigenvalue weighted by Gasteiger charge is 2.27. The van der Waals surface area contributed by atoms with Crippen LogP contribution < -0.4 is 5.56 Å². The van der Waals surface area contributed by atoms with Crippen molar-refractivity contribution in [2.45, 2.75) is 24.3 Å². The van der Waals surface area contributed by atoms with E-state index in [1.54, 1.807) is 0 Å². The molecule has 22 heavy (non-hydrogen) atoms. The van der Waals surface area contributed by atoms with Crippen molar-refractivity contribution in [3.05, 3.63) is 22.4 Å². The van der Waals surface area contributed by atoms with E-state index in [4.69, 9.17) is 9.29 Å². The average molecular weight is 330 g/mol. The van der Waals surface area contributed by atoms with Gasteiger partial charge in [-0.25, -0.2) is 9.67 Å². The molecule has 3 heterocycles. The van der Waals surface area contributed by atoms with Gasteiger partial charge in [-0.1, -0.05) is 0 Å². The molecule has 1 saturated heterocycles. The second-order valence-electron chi connectivity index (χ2n) is 4.99. The molecule has 0 bridgehead atoms. The van der Waals surface area contributed by atoms with Crippen LogP contribution in [0.1, 0.15) is 30.1 Å². The first-order valence-corrected chi connectivity index (χ1v) is 8.08. The zero-order chi connectivity index (χ0) is 15.9. The number of nitrogens with zero attached hydrogens (tertiary/aromatic N) is 3.